The molecule has 2 aromatic rings. The van der Waals surface area contributed by atoms with E-state index < -0.39 is 17.7 Å². The number of ether oxygens (including phenoxy) is 2. The monoisotopic (exact) mass is 398 g/mol. The molecule has 2 aliphatic heterocycles. The number of rotatable bonds is 5. The van der Waals surface area contributed by atoms with Crippen LogP contribution >= 0.6 is 0 Å². The lowest BCUT2D eigenvalue weighted by atomic mass is 9.99. The van der Waals surface area contributed by atoms with E-state index in [4.69, 9.17) is 13.9 Å². The van der Waals surface area contributed by atoms with Gasteiger partial charge < -0.3 is 28.8 Å². The molecule has 29 heavy (non-hydrogen) atoms. The van der Waals surface area contributed by atoms with Crippen molar-refractivity contribution >= 4 is 17.4 Å². The van der Waals surface area contributed by atoms with Crippen LogP contribution in [-0.4, -0.2) is 67.0 Å². The summed E-state index contributed by atoms with van der Waals surface area (Å²) in [4.78, 5) is 28.9. The summed E-state index contributed by atoms with van der Waals surface area (Å²) >= 11 is 0. The lowest BCUT2D eigenvalue weighted by Gasteiger charge is -2.24. The zero-order valence-corrected chi connectivity index (χ0v) is 16.3. The largest absolute Gasteiger partial charge is 0.507 e. The first-order valence-electron chi connectivity index (χ1n) is 9.34. The van der Waals surface area contributed by atoms with E-state index in [1.807, 2.05) is 19.0 Å². The highest BCUT2D eigenvalue weighted by Gasteiger charge is 2.47. The van der Waals surface area contributed by atoms with Gasteiger partial charge in [0.1, 0.15) is 30.8 Å². The molecule has 0 unspecified atom stereocenters. The highest BCUT2D eigenvalue weighted by atomic mass is 16.6. The number of aliphatic hydroxyl groups excluding tert-OH is 1. The summed E-state index contributed by atoms with van der Waals surface area (Å²) in [7, 11) is 3.77. The van der Waals surface area contributed by atoms with Crippen LogP contribution in [0.5, 0.6) is 11.5 Å². The van der Waals surface area contributed by atoms with Crippen molar-refractivity contribution in [2.45, 2.75) is 6.04 Å². The Morgan fingerprint density at radius 3 is 2.62 bits per heavy atom. The minimum atomic E-state index is -0.793. The minimum absolute atomic E-state index is 0.000355. The van der Waals surface area contributed by atoms with Gasteiger partial charge in [-0.15, -0.1) is 0 Å². The fourth-order valence-electron chi connectivity index (χ4n) is 3.51. The van der Waals surface area contributed by atoms with Crippen molar-refractivity contribution in [3.63, 3.8) is 0 Å². The minimum Gasteiger partial charge on any atom is -0.507 e. The Balaban J connectivity index is 1.79. The van der Waals surface area contributed by atoms with Gasteiger partial charge >= 0.3 is 0 Å². The third-order valence-corrected chi connectivity index (χ3v) is 4.96. The number of benzene rings is 1. The van der Waals surface area contributed by atoms with Crippen LogP contribution < -0.4 is 9.47 Å². The van der Waals surface area contributed by atoms with Gasteiger partial charge in [0.15, 0.2) is 11.5 Å². The van der Waals surface area contributed by atoms with Gasteiger partial charge in [0, 0.05) is 18.7 Å². The number of carbonyl (C=O) groups is 2. The molecule has 1 aromatic heterocycles. The van der Waals surface area contributed by atoms with Gasteiger partial charge in [-0.25, -0.2) is 0 Å². The van der Waals surface area contributed by atoms with E-state index in [2.05, 4.69) is 0 Å². The molecular formula is C21H22N2O6. The second-order valence-electron chi connectivity index (χ2n) is 7.17. The van der Waals surface area contributed by atoms with Crippen LogP contribution in [0.15, 0.2) is 46.6 Å². The molecule has 2 aliphatic rings. The van der Waals surface area contributed by atoms with Crippen LogP contribution in [0.4, 0.5) is 0 Å². The van der Waals surface area contributed by atoms with Gasteiger partial charge in [-0.3, -0.25) is 9.59 Å². The molecule has 0 radical (unpaired) electrons. The van der Waals surface area contributed by atoms with Crippen LogP contribution in [0.25, 0.3) is 5.76 Å². The molecule has 1 aromatic carbocycles. The summed E-state index contributed by atoms with van der Waals surface area (Å²) in [6.07, 6.45) is 1.48. The number of fused-ring (bicyclic) bond motifs is 1. The molecule has 1 fully saturated rings. The number of amides is 1. The molecule has 0 saturated carbocycles. The Morgan fingerprint density at radius 2 is 1.93 bits per heavy atom. The van der Waals surface area contributed by atoms with Crippen molar-refractivity contribution in [3.05, 3.63) is 53.5 Å². The molecule has 0 bridgehead atoms. The number of furan rings is 1. The van der Waals surface area contributed by atoms with Crippen LogP contribution in [-0.2, 0) is 9.59 Å². The number of hydrogen-bond acceptors (Lipinski definition) is 7. The van der Waals surface area contributed by atoms with Crippen LogP contribution in [0.2, 0.25) is 0 Å². The molecule has 1 saturated heterocycles. The Kier molecular flexibility index (Phi) is 5.02. The zero-order chi connectivity index (χ0) is 20.5. The number of carbonyl (C=O) groups excluding carboxylic acids is 2. The first kappa shape index (κ1) is 19.1. The van der Waals surface area contributed by atoms with E-state index in [1.54, 1.807) is 30.3 Å². The third kappa shape index (κ3) is 3.47. The number of likely N-dealkylation sites (N-methyl/N-ethyl adjacent to an activating group) is 1. The fourth-order valence-corrected chi connectivity index (χ4v) is 3.51. The second-order valence-corrected chi connectivity index (χ2v) is 7.17. The van der Waals surface area contributed by atoms with Crippen LogP contribution in [0.1, 0.15) is 17.4 Å². The highest BCUT2D eigenvalue weighted by Crippen LogP contribution is 2.41. The summed E-state index contributed by atoms with van der Waals surface area (Å²) in [6, 6.07) is 7.50. The SMILES string of the molecule is CN(C)CCN1C(=O)C(=O)C(=C(O)c2ccc3c(c2)OCCO3)[C@H]1c1ccco1. The van der Waals surface area contributed by atoms with Crippen LogP contribution in [0.3, 0.4) is 0 Å². The van der Waals surface area contributed by atoms with Crippen molar-refractivity contribution in [1.82, 2.24) is 9.80 Å². The predicted molar refractivity (Wildman–Crippen MR) is 104 cm³/mol. The normalized spacial score (nSPS) is 20.5. The van der Waals surface area contributed by atoms with Gasteiger partial charge in [0.25, 0.3) is 11.7 Å². The van der Waals surface area contributed by atoms with Gasteiger partial charge in [0.05, 0.1) is 11.8 Å². The average Bonchev–Trinajstić information content (AvgIpc) is 3.33. The Bertz CT molecular complexity index is 964. The third-order valence-electron chi connectivity index (χ3n) is 4.96. The molecule has 8 nitrogen and oxygen atoms in total. The van der Waals surface area contributed by atoms with Gasteiger partial charge in [-0.2, -0.15) is 0 Å². The van der Waals surface area contributed by atoms with Crippen molar-refractivity contribution in [1.29, 1.82) is 0 Å². The number of hydrogen-bond donors (Lipinski definition) is 1. The van der Waals surface area contributed by atoms with E-state index in [0.29, 0.717) is 49.1 Å². The molecule has 4 rings (SSSR count). The summed E-state index contributed by atoms with van der Waals surface area (Å²) in [5.41, 5.74) is 0.372. The zero-order valence-electron chi connectivity index (χ0n) is 16.3. The van der Waals surface area contributed by atoms with Crippen LogP contribution in [0, 0.1) is 0 Å². The van der Waals surface area contributed by atoms with Gasteiger partial charge in [-0.05, 0) is 44.4 Å². The quantitative estimate of drug-likeness (QED) is 0.468. The molecule has 1 amide bonds. The molecule has 0 aliphatic carbocycles. The lowest BCUT2D eigenvalue weighted by Crippen LogP contribution is -2.35. The molecule has 1 N–H and O–H groups in total. The maximum Gasteiger partial charge on any atom is 0.295 e. The molecular weight excluding hydrogens is 376 g/mol. The Labute approximate surface area is 167 Å². The highest BCUT2D eigenvalue weighted by molar-refractivity contribution is 6.46. The maximum atomic E-state index is 12.8. The van der Waals surface area contributed by atoms with E-state index in [1.165, 1.54) is 11.2 Å². The van der Waals surface area contributed by atoms with Gasteiger partial charge in [-0.1, -0.05) is 0 Å². The Hall–Kier alpha value is -3.26. The van der Waals surface area contributed by atoms with Gasteiger partial charge in [0.2, 0.25) is 0 Å². The molecule has 152 valence electrons. The fraction of sp³-hybridized carbons (Fsp3) is 0.333. The molecule has 1 atom stereocenters. The van der Waals surface area contributed by atoms with Crippen molar-refractivity contribution in [2.24, 2.45) is 0 Å². The van der Waals surface area contributed by atoms with E-state index in [9.17, 15) is 14.7 Å². The van der Waals surface area contributed by atoms with E-state index >= 15 is 0 Å². The topological polar surface area (TPSA) is 92.5 Å². The number of nitrogens with zero attached hydrogens (tertiary/aromatic N) is 2. The van der Waals surface area contributed by atoms with Crippen molar-refractivity contribution < 1.29 is 28.6 Å². The molecule has 8 heteroatoms. The lowest BCUT2D eigenvalue weighted by molar-refractivity contribution is -0.140. The Morgan fingerprint density at radius 1 is 1.17 bits per heavy atom. The predicted octanol–water partition coefficient (Wildman–Crippen LogP) is 2.03. The van der Waals surface area contributed by atoms with E-state index in [-0.39, 0.29) is 11.3 Å². The van der Waals surface area contributed by atoms with Crippen molar-refractivity contribution in [2.75, 3.05) is 40.4 Å². The number of likely N-dealkylation sites (tertiary alicyclic amines) is 1. The number of ketones is 1. The summed E-state index contributed by atoms with van der Waals surface area (Å²) in [5.74, 6) is -0.195. The van der Waals surface area contributed by atoms with E-state index in [0.717, 1.165) is 0 Å². The maximum absolute atomic E-state index is 12.8. The first-order valence-corrected chi connectivity index (χ1v) is 9.34. The average molecular weight is 398 g/mol. The molecule has 3 heterocycles. The summed E-state index contributed by atoms with van der Waals surface area (Å²) in [6.45, 7) is 1.74. The smallest absolute Gasteiger partial charge is 0.295 e. The number of Topliss-reactive ketones (excluding diaryl/α,β-unsaturated/α-hetero) is 1. The number of aliphatic hydroxyl groups is 1. The standard InChI is InChI=1S/C21H22N2O6/c1-22(2)7-8-23-18(15-4-3-9-27-15)17(20(25)21(23)26)19(24)13-5-6-14-16(12-13)29-11-10-28-14/h3-6,9,12,18,24H,7-8,10-11H2,1-2H3/t18-/m1/s1. The van der Waals surface area contributed by atoms with Crippen molar-refractivity contribution in [3.8, 4) is 11.5 Å². The second kappa shape index (κ2) is 7.63. The molecule has 0 spiro atoms. The summed E-state index contributed by atoms with van der Waals surface area (Å²) in [5, 5.41) is 11.0. The summed E-state index contributed by atoms with van der Waals surface area (Å²) < 4.78 is 16.6. The first-order chi connectivity index (χ1) is 14.0.